The van der Waals surface area contributed by atoms with Gasteiger partial charge in [0.2, 0.25) is 0 Å². The largest absolute Gasteiger partial charge is 0.375 e. The van der Waals surface area contributed by atoms with E-state index in [-0.39, 0.29) is 0 Å². The highest BCUT2D eigenvalue weighted by Crippen LogP contribution is 2.42. The maximum atomic E-state index is 5.99. The van der Waals surface area contributed by atoms with Gasteiger partial charge in [0.1, 0.15) is 0 Å². The van der Waals surface area contributed by atoms with Crippen LogP contribution in [0.2, 0.25) is 0 Å². The van der Waals surface area contributed by atoms with Crippen molar-refractivity contribution in [3.05, 3.63) is 0 Å². The molecule has 3 aliphatic rings. The molecular formula is C15H28N2O. The molecule has 3 heteroatoms. The fraction of sp³-hybridized carbons (Fsp3) is 1.00. The van der Waals surface area contributed by atoms with Crippen molar-refractivity contribution < 1.29 is 4.74 Å². The summed E-state index contributed by atoms with van der Waals surface area (Å²) in [4.78, 5) is 2.57. The fourth-order valence-electron chi connectivity index (χ4n) is 3.82. The standard InChI is InChI=1S/C15H28N2O/c1-2-17-8-4-13(12-17)11-16-14-5-9-18-15(10-14)6-3-7-15/h13-14,16H,2-12H2,1H3. The summed E-state index contributed by atoms with van der Waals surface area (Å²) >= 11 is 0. The average Bonchev–Trinajstić information content (AvgIpc) is 2.83. The van der Waals surface area contributed by atoms with Gasteiger partial charge in [0.25, 0.3) is 0 Å². The number of ether oxygens (including phenoxy) is 1. The molecule has 2 heterocycles. The van der Waals surface area contributed by atoms with E-state index < -0.39 is 0 Å². The van der Waals surface area contributed by atoms with Crippen LogP contribution in [0.25, 0.3) is 0 Å². The van der Waals surface area contributed by atoms with Gasteiger partial charge < -0.3 is 15.0 Å². The fourth-order valence-corrected chi connectivity index (χ4v) is 3.82. The van der Waals surface area contributed by atoms with Crippen LogP contribution in [0.15, 0.2) is 0 Å². The predicted octanol–water partition coefficient (Wildman–Crippen LogP) is 2.02. The predicted molar refractivity (Wildman–Crippen MR) is 73.8 cm³/mol. The molecule has 0 aromatic carbocycles. The average molecular weight is 252 g/mol. The molecule has 1 N–H and O–H groups in total. The molecule has 104 valence electrons. The Hall–Kier alpha value is -0.120. The summed E-state index contributed by atoms with van der Waals surface area (Å²) in [7, 11) is 0. The molecule has 1 aliphatic carbocycles. The van der Waals surface area contributed by atoms with Crippen LogP contribution in [0.3, 0.4) is 0 Å². The first-order chi connectivity index (χ1) is 8.80. The molecule has 1 spiro atoms. The molecule has 3 rings (SSSR count). The van der Waals surface area contributed by atoms with Crippen molar-refractivity contribution in [3.8, 4) is 0 Å². The maximum Gasteiger partial charge on any atom is 0.0697 e. The van der Waals surface area contributed by atoms with Gasteiger partial charge in [-0.2, -0.15) is 0 Å². The molecule has 2 aliphatic heterocycles. The van der Waals surface area contributed by atoms with Crippen LogP contribution in [-0.2, 0) is 4.74 Å². The van der Waals surface area contributed by atoms with Crippen molar-refractivity contribution in [2.45, 2.75) is 57.1 Å². The monoisotopic (exact) mass is 252 g/mol. The lowest BCUT2D eigenvalue weighted by Gasteiger charge is -2.47. The van der Waals surface area contributed by atoms with E-state index in [4.69, 9.17) is 4.74 Å². The van der Waals surface area contributed by atoms with E-state index in [1.807, 2.05) is 0 Å². The van der Waals surface area contributed by atoms with Gasteiger partial charge in [-0.3, -0.25) is 0 Å². The molecule has 0 bridgehead atoms. The van der Waals surface area contributed by atoms with Crippen molar-refractivity contribution in [3.63, 3.8) is 0 Å². The van der Waals surface area contributed by atoms with E-state index >= 15 is 0 Å². The van der Waals surface area contributed by atoms with Gasteiger partial charge in [-0.25, -0.2) is 0 Å². The van der Waals surface area contributed by atoms with Crippen molar-refractivity contribution in [1.29, 1.82) is 0 Å². The molecule has 18 heavy (non-hydrogen) atoms. The minimum Gasteiger partial charge on any atom is -0.375 e. The summed E-state index contributed by atoms with van der Waals surface area (Å²) in [6, 6.07) is 0.717. The lowest BCUT2D eigenvalue weighted by molar-refractivity contribution is -0.135. The van der Waals surface area contributed by atoms with Crippen molar-refractivity contribution in [2.24, 2.45) is 5.92 Å². The number of nitrogens with zero attached hydrogens (tertiary/aromatic N) is 1. The quantitative estimate of drug-likeness (QED) is 0.828. The molecule has 3 fully saturated rings. The van der Waals surface area contributed by atoms with E-state index in [9.17, 15) is 0 Å². The molecule has 0 aromatic heterocycles. The van der Waals surface area contributed by atoms with Gasteiger partial charge in [-0.15, -0.1) is 0 Å². The van der Waals surface area contributed by atoms with Crippen LogP contribution in [0.4, 0.5) is 0 Å². The highest BCUT2D eigenvalue weighted by molar-refractivity contribution is 4.96. The minimum absolute atomic E-state index is 0.293. The van der Waals surface area contributed by atoms with E-state index in [0.29, 0.717) is 5.60 Å². The molecule has 1 saturated carbocycles. The Balaban J connectivity index is 1.40. The first-order valence-corrected chi connectivity index (χ1v) is 7.89. The molecule has 3 nitrogen and oxygen atoms in total. The molecule has 0 amide bonds. The summed E-state index contributed by atoms with van der Waals surface area (Å²) < 4.78 is 5.99. The van der Waals surface area contributed by atoms with Crippen LogP contribution in [0.5, 0.6) is 0 Å². The normalized spacial score (nSPS) is 35.8. The highest BCUT2D eigenvalue weighted by atomic mass is 16.5. The highest BCUT2D eigenvalue weighted by Gasteiger charge is 2.42. The van der Waals surface area contributed by atoms with Crippen LogP contribution in [0.1, 0.15) is 45.4 Å². The third-order valence-electron chi connectivity index (χ3n) is 5.27. The summed E-state index contributed by atoms with van der Waals surface area (Å²) in [5.74, 6) is 0.880. The molecule has 2 atom stereocenters. The molecule has 0 aromatic rings. The van der Waals surface area contributed by atoms with E-state index in [1.54, 1.807) is 0 Å². The summed E-state index contributed by atoms with van der Waals surface area (Å²) in [5, 5.41) is 3.82. The summed E-state index contributed by atoms with van der Waals surface area (Å²) in [6.07, 6.45) is 7.84. The second-order valence-electron chi connectivity index (χ2n) is 6.53. The second-order valence-corrected chi connectivity index (χ2v) is 6.53. The Kier molecular flexibility index (Phi) is 3.92. The number of likely N-dealkylation sites (tertiary alicyclic amines) is 1. The lowest BCUT2D eigenvalue weighted by Crippen LogP contribution is -2.51. The first kappa shape index (κ1) is 12.9. The second kappa shape index (κ2) is 5.48. The van der Waals surface area contributed by atoms with Crippen molar-refractivity contribution >= 4 is 0 Å². The zero-order valence-electron chi connectivity index (χ0n) is 11.8. The van der Waals surface area contributed by atoms with Crippen LogP contribution in [-0.4, -0.2) is 49.3 Å². The molecular weight excluding hydrogens is 224 g/mol. The number of nitrogens with one attached hydrogen (secondary N) is 1. The lowest BCUT2D eigenvalue weighted by atomic mass is 9.74. The van der Waals surface area contributed by atoms with E-state index in [0.717, 1.165) is 18.6 Å². The molecule has 0 radical (unpaired) electrons. The van der Waals surface area contributed by atoms with Crippen molar-refractivity contribution in [1.82, 2.24) is 10.2 Å². The minimum atomic E-state index is 0.293. The van der Waals surface area contributed by atoms with Gasteiger partial charge in [-0.1, -0.05) is 6.92 Å². The Labute approximate surface area is 111 Å². The van der Waals surface area contributed by atoms with Gasteiger partial charge >= 0.3 is 0 Å². The number of hydrogen-bond acceptors (Lipinski definition) is 3. The summed E-state index contributed by atoms with van der Waals surface area (Å²) in [5.41, 5.74) is 0.293. The summed E-state index contributed by atoms with van der Waals surface area (Å²) in [6.45, 7) is 8.30. The Morgan fingerprint density at radius 3 is 2.89 bits per heavy atom. The first-order valence-electron chi connectivity index (χ1n) is 7.89. The van der Waals surface area contributed by atoms with Gasteiger partial charge in [0.15, 0.2) is 0 Å². The molecule has 2 unspecified atom stereocenters. The Bertz CT molecular complexity index is 278. The maximum absolute atomic E-state index is 5.99. The van der Waals surface area contributed by atoms with Crippen LogP contribution < -0.4 is 5.32 Å². The molecule has 2 saturated heterocycles. The van der Waals surface area contributed by atoms with Gasteiger partial charge in [-0.05, 0) is 64.1 Å². The van der Waals surface area contributed by atoms with Crippen LogP contribution in [0, 0.1) is 5.92 Å². The number of hydrogen-bond donors (Lipinski definition) is 1. The Morgan fingerprint density at radius 2 is 2.22 bits per heavy atom. The van der Waals surface area contributed by atoms with Crippen LogP contribution >= 0.6 is 0 Å². The number of rotatable bonds is 4. The van der Waals surface area contributed by atoms with Crippen molar-refractivity contribution in [2.75, 3.05) is 32.8 Å². The van der Waals surface area contributed by atoms with Gasteiger partial charge in [0, 0.05) is 19.2 Å². The zero-order valence-corrected chi connectivity index (χ0v) is 11.8. The third kappa shape index (κ3) is 2.73. The van der Waals surface area contributed by atoms with E-state index in [1.165, 1.54) is 64.7 Å². The van der Waals surface area contributed by atoms with E-state index in [2.05, 4.69) is 17.1 Å². The SMILES string of the molecule is CCN1CCC(CNC2CCOC3(CCC3)C2)C1. The van der Waals surface area contributed by atoms with Gasteiger partial charge in [0.05, 0.1) is 5.60 Å². The third-order valence-corrected chi connectivity index (χ3v) is 5.27. The smallest absolute Gasteiger partial charge is 0.0697 e. The topological polar surface area (TPSA) is 24.5 Å². The zero-order chi connectivity index (χ0) is 12.4. The Morgan fingerprint density at radius 1 is 1.33 bits per heavy atom.